The van der Waals surface area contributed by atoms with Crippen molar-refractivity contribution in [2.45, 2.75) is 25.3 Å². The third-order valence-electron chi connectivity index (χ3n) is 2.28. The van der Waals surface area contributed by atoms with Crippen LogP contribution in [-0.2, 0) is 6.61 Å². The van der Waals surface area contributed by atoms with Crippen LogP contribution in [0.4, 0.5) is 0 Å². The maximum absolute atomic E-state index is 6.00. The van der Waals surface area contributed by atoms with Crippen LogP contribution >= 0.6 is 23.2 Å². The van der Waals surface area contributed by atoms with E-state index in [0.29, 0.717) is 22.5 Å². The predicted octanol–water partition coefficient (Wildman–Crippen LogP) is 3.99. The number of rotatable bonds is 5. The summed E-state index contributed by atoms with van der Waals surface area (Å²) in [4.78, 5) is 4.15. The van der Waals surface area contributed by atoms with Crippen LogP contribution in [0.5, 0.6) is 5.75 Å². The van der Waals surface area contributed by atoms with E-state index in [1.807, 2.05) is 13.0 Å². The minimum Gasteiger partial charge on any atom is -0.484 e. The van der Waals surface area contributed by atoms with Crippen molar-refractivity contribution in [2.75, 3.05) is 0 Å². The van der Waals surface area contributed by atoms with Crippen LogP contribution in [0.2, 0.25) is 5.02 Å². The summed E-state index contributed by atoms with van der Waals surface area (Å²) in [5.74, 6) is 1.54. The molecule has 2 aromatic rings. The first kappa shape index (κ1) is 13.2. The van der Waals surface area contributed by atoms with Gasteiger partial charge in [0.25, 0.3) is 5.89 Å². The van der Waals surface area contributed by atoms with Gasteiger partial charge in [0.05, 0.1) is 5.38 Å². The number of hydrogen-bond acceptors (Lipinski definition) is 4. The van der Waals surface area contributed by atoms with Crippen molar-refractivity contribution in [1.29, 1.82) is 0 Å². The average Bonchev–Trinajstić information content (AvgIpc) is 2.84. The molecule has 0 aliphatic carbocycles. The van der Waals surface area contributed by atoms with Crippen molar-refractivity contribution in [3.63, 3.8) is 0 Å². The molecule has 1 atom stereocenters. The molecule has 0 aliphatic rings. The molecule has 1 aromatic carbocycles. The molecule has 1 unspecified atom stereocenters. The van der Waals surface area contributed by atoms with Gasteiger partial charge in [0.2, 0.25) is 0 Å². The van der Waals surface area contributed by atoms with Gasteiger partial charge in [0.1, 0.15) is 5.75 Å². The third kappa shape index (κ3) is 3.37. The van der Waals surface area contributed by atoms with Crippen molar-refractivity contribution >= 4 is 23.2 Å². The average molecular weight is 287 g/mol. The second-order valence-corrected chi connectivity index (χ2v) is 4.63. The van der Waals surface area contributed by atoms with E-state index in [2.05, 4.69) is 10.1 Å². The van der Waals surface area contributed by atoms with E-state index in [1.54, 1.807) is 18.2 Å². The molecule has 0 saturated carbocycles. The maximum atomic E-state index is 6.00. The lowest BCUT2D eigenvalue weighted by molar-refractivity contribution is 0.242. The molecule has 1 heterocycles. The summed E-state index contributed by atoms with van der Waals surface area (Å²) < 4.78 is 10.5. The number of halogens is 2. The first-order valence-electron chi connectivity index (χ1n) is 5.54. The van der Waals surface area contributed by atoms with Gasteiger partial charge in [-0.05, 0) is 24.6 Å². The van der Waals surface area contributed by atoms with E-state index in [-0.39, 0.29) is 12.0 Å². The Balaban J connectivity index is 1.96. The Kier molecular flexibility index (Phi) is 4.44. The van der Waals surface area contributed by atoms with E-state index >= 15 is 0 Å². The Labute approximate surface area is 115 Å². The first-order valence-corrected chi connectivity index (χ1v) is 6.35. The quantitative estimate of drug-likeness (QED) is 0.780. The van der Waals surface area contributed by atoms with Crippen molar-refractivity contribution in [1.82, 2.24) is 10.1 Å². The molecule has 0 saturated heterocycles. The predicted molar refractivity (Wildman–Crippen MR) is 69.0 cm³/mol. The van der Waals surface area contributed by atoms with Gasteiger partial charge in [-0.2, -0.15) is 4.98 Å². The molecular formula is C12H12Cl2N2O2. The molecule has 6 heteroatoms. The van der Waals surface area contributed by atoms with Gasteiger partial charge < -0.3 is 9.26 Å². The van der Waals surface area contributed by atoms with Crippen LogP contribution in [0.1, 0.15) is 30.4 Å². The zero-order valence-corrected chi connectivity index (χ0v) is 11.3. The third-order valence-corrected chi connectivity index (χ3v) is 3.02. The number of aromatic nitrogens is 2. The van der Waals surface area contributed by atoms with Crippen molar-refractivity contribution in [3.05, 3.63) is 41.0 Å². The second-order valence-electron chi connectivity index (χ2n) is 3.67. The minimum absolute atomic E-state index is 0.195. The first-order chi connectivity index (χ1) is 8.69. The second kappa shape index (κ2) is 6.07. The van der Waals surface area contributed by atoms with Crippen LogP contribution in [0.3, 0.4) is 0 Å². The molecule has 0 aliphatic heterocycles. The van der Waals surface area contributed by atoms with Crippen molar-refractivity contribution < 1.29 is 9.26 Å². The minimum atomic E-state index is -0.228. The summed E-state index contributed by atoms with van der Waals surface area (Å²) in [6.07, 6.45) is 0.746. The highest BCUT2D eigenvalue weighted by Crippen LogP contribution is 2.21. The largest absolute Gasteiger partial charge is 0.484 e. The lowest BCUT2D eigenvalue weighted by Gasteiger charge is -2.02. The standard InChI is InChI=1S/C12H12Cl2N2O2/c1-2-10(14)12-15-11(18-16-12)7-17-9-5-3-4-8(13)6-9/h3-6,10H,2,7H2,1H3. The summed E-state index contributed by atoms with van der Waals surface area (Å²) in [7, 11) is 0. The molecule has 0 fully saturated rings. The SMILES string of the molecule is CCC(Cl)c1noc(COc2cccc(Cl)c2)n1. The van der Waals surface area contributed by atoms with E-state index in [0.717, 1.165) is 6.42 Å². The number of alkyl halides is 1. The Morgan fingerprint density at radius 3 is 3.00 bits per heavy atom. The van der Waals surface area contributed by atoms with Gasteiger partial charge in [-0.15, -0.1) is 11.6 Å². The van der Waals surface area contributed by atoms with Crippen LogP contribution in [0.25, 0.3) is 0 Å². The van der Waals surface area contributed by atoms with E-state index in [1.165, 1.54) is 0 Å². The van der Waals surface area contributed by atoms with Gasteiger partial charge in [0, 0.05) is 5.02 Å². The zero-order valence-electron chi connectivity index (χ0n) is 9.77. The van der Waals surface area contributed by atoms with Crippen LogP contribution in [0.15, 0.2) is 28.8 Å². The van der Waals surface area contributed by atoms with E-state index < -0.39 is 0 Å². The number of benzene rings is 1. The van der Waals surface area contributed by atoms with Gasteiger partial charge in [-0.1, -0.05) is 29.7 Å². The summed E-state index contributed by atoms with van der Waals surface area (Å²) in [5, 5.41) is 4.18. The fourth-order valence-corrected chi connectivity index (χ4v) is 1.61. The molecule has 0 radical (unpaired) electrons. The Bertz CT molecular complexity index is 516. The fourth-order valence-electron chi connectivity index (χ4n) is 1.34. The molecule has 18 heavy (non-hydrogen) atoms. The number of ether oxygens (including phenoxy) is 1. The topological polar surface area (TPSA) is 48.2 Å². The lowest BCUT2D eigenvalue weighted by Crippen LogP contribution is -1.97. The van der Waals surface area contributed by atoms with Crippen LogP contribution < -0.4 is 4.74 Å². The van der Waals surface area contributed by atoms with E-state index in [9.17, 15) is 0 Å². The van der Waals surface area contributed by atoms with Crippen molar-refractivity contribution in [2.24, 2.45) is 0 Å². The smallest absolute Gasteiger partial charge is 0.264 e. The highest BCUT2D eigenvalue weighted by molar-refractivity contribution is 6.30. The summed E-state index contributed by atoms with van der Waals surface area (Å²) in [6, 6.07) is 7.11. The molecule has 4 nitrogen and oxygen atoms in total. The normalized spacial score (nSPS) is 12.4. The Hall–Kier alpha value is -1.26. The van der Waals surface area contributed by atoms with Gasteiger partial charge in [0.15, 0.2) is 12.4 Å². The molecule has 96 valence electrons. The van der Waals surface area contributed by atoms with Gasteiger partial charge in [-0.3, -0.25) is 0 Å². The summed E-state index contributed by atoms with van der Waals surface area (Å²) >= 11 is 11.8. The molecular weight excluding hydrogens is 275 g/mol. The Morgan fingerprint density at radius 2 is 2.28 bits per heavy atom. The highest BCUT2D eigenvalue weighted by atomic mass is 35.5. The summed E-state index contributed by atoms with van der Waals surface area (Å²) in [6.45, 7) is 2.15. The molecule has 1 aromatic heterocycles. The maximum Gasteiger partial charge on any atom is 0.264 e. The summed E-state index contributed by atoms with van der Waals surface area (Å²) in [5.41, 5.74) is 0. The van der Waals surface area contributed by atoms with Crippen LogP contribution in [0, 0.1) is 0 Å². The molecule has 0 bridgehead atoms. The molecule has 0 N–H and O–H groups in total. The lowest BCUT2D eigenvalue weighted by atomic mass is 10.3. The van der Waals surface area contributed by atoms with Crippen LogP contribution in [-0.4, -0.2) is 10.1 Å². The van der Waals surface area contributed by atoms with Gasteiger partial charge in [-0.25, -0.2) is 0 Å². The zero-order chi connectivity index (χ0) is 13.0. The van der Waals surface area contributed by atoms with Gasteiger partial charge >= 0.3 is 0 Å². The number of hydrogen-bond donors (Lipinski definition) is 0. The Morgan fingerprint density at radius 1 is 1.44 bits per heavy atom. The molecule has 2 rings (SSSR count). The monoisotopic (exact) mass is 286 g/mol. The highest BCUT2D eigenvalue weighted by Gasteiger charge is 2.14. The van der Waals surface area contributed by atoms with E-state index in [4.69, 9.17) is 32.5 Å². The molecule has 0 spiro atoms. The fraction of sp³-hybridized carbons (Fsp3) is 0.333. The van der Waals surface area contributed by atoms with Crippen molar-refractivity contribution in [3.8, 4) is 5.75 Å². The number of nitrogens with zero attached hydrogens (tertiary/aromatic N) is 2. The molecule has 0 amide bonds.